The van der Waals surface area contributed by atoms with E-state index in [1.54, 1.807) is 0 Å². The number of hydrogen-bond acceptors (Lipinski definition) is 2. The van der Waals surface area contributed by atoms with Crippen LogP contribution in [0.2, 0.25) is 0 Å². The van der Waals surface area contributed by atoms with Gasteiger partial charge in [0.15, 0.2) is 17.5 Å². The Labute approximate surface area is 102 Å². The molecule has 1 unspecified atom stereocenters. The van der Waals surface area contributed by atoms with Gasteiger partial charge in [-0.3, -0.25) is 4.79 Å². The fourth-order valence-corrected chi connectivity index (χ4v) is 1.39. The molecule has 1 N–H and O–H groups in total. The summed E-state index contributed by atoms with van der Waals surface area (Å²) in [6, 6.07) is 2.54. The maximum absolute atomic E-state index is 13.3. The van der Waals surface area contributed by atoms with Crippen molar-refractivity contribution in [2.24, 2.45) is 0 Å². The molecule has 0 saturated carbocycles. The molecule has 1 amide bonds. The number of nitriles is 1. The summed E-state index contributed by atoms with van der Waals surface area (Å²) in [5.41, 5.74) is -0.620. The van der Waals surface area contributed by atoms with Crippen molar-refractivity contribution in [3.63, 3.8) is 0 Å². The van der Waals surface area contributed by atoms with Gasteiger partial charge in [0.25, 0.3) is 5.91 Å². The molecule has 0 aliphatic heterocycles. The predicted octanol–water partition coefficient (Wildman–Crippen LogP) is 2.53. The molecule has 0 bridgehead atoms. The van der Waals surface area contributed by atoms with Crippen LogP contribution in [-0.4, -0.2) is 11.9 Å². The molecule has 6 heteroatoms. The third kappa shape index (κ3) is 3.00. The molecular weight excluding hydrogens is 245 g/mol. The summed E-state index contributed by atoms with van der Waals surface area (Å²) in [4.78, 5) is 11.6. The van der Waals surface area contributed by atoms with Gasteiger partial charge in [0.2, 0.25) is 0 Å². The van der Waals surface area contributed by atoms with Crippen LogP contribution in [-0.2, 0) is 0 Å². The molecule has 0 saturated heterocycles. The molecule has 96 valence electrons. The second kappa shape index (κ2) is 6.05. The smallest absolute Gasteiger partial charge is 0.255 e. The van der Waals surface area contributed by atoms with Crippen LogP contribution in [0.15, 0.2) is 12.1 Å². The van der Waals surface area contributed by atoms with Gasteiger partial charge in [0, 0.05) is 0 Å². The topological polar surface area (TPSA) is 52.9 Å². The molecule has 1 aromatic carbocycles. The fourth-order valence-electron chi connectivity index (χ4n) is 1.39. The van der Waals surface area contributed by atoms with Gasteiger partial charge in [0.05, 0.1) is 11.6 Å². The van der Waals surface area contributed by atoms with Gasteiger partial charge in [0.1, 0.15) is 6.04 Å². The first kappa shape index (κ1) is 14.0. The Kier molecular flexibility index (Phi) is 4.72. The SMILES string of the molecule is CCCC(C#N)NC(=O)c1ccc(F)c(F)c1F. The van der Waals surface area contributed by atoms with Crippen LogP contribution in [0.3, 0.4) is 0 Å². The van der Waals surface area contributed by atoms with E-state index in [9.17, 15) is 18.0 Å². The third-order valence-electron chi connectivity index (χ3n) is 2.32. The Hall–Kier alpha value is -2.03. The highest BCUT2D eigenvalue weighted by molar-refractivity contribution is 5.94. The molecule has 0 aromatic heterocycles. The Morgan fingerprint density at radius 2 is 2.06 bits per heavy atom. The standard InChI is InChI=1S/C12H11F3N2O/c1-2-3-7(6-16)17-12(18)8-4-5-9(13)11(15)10(8)14/h4-5,7H,2-3H2,1H3,(H,17,18). The molecule has 3 nitrogen and oxygen atoms in total. The van der Waals surface area contributed by atoms with E-state index in [-0.39, 0.29) is 0 Å². The highest BCUT2D eigenvalue weighted by Gasteiger charge is 2.20. The minimum Gasteiger partial charge on any atom is -0.336 e. The van der Waals surface area contributed by atoms with Gasteiger partial charge < -0.3 is 5.32 Å². The summed E-state index contributed by atoms with van der Waals surface area (Å²) >= 11 is 0. The lowest BCUT2D eigenvalue weighted by atomic mass is 10.1. The third-order valence-corrected chi connectivity index (χ3v) is 2.32. The number of halogens is 3. The first-order valence-corrected chi connectivity index (χ1v) is 5.35. The lowest BCUT2D eigenvalue weighted by molar-refractivity contribution is 0.0938. The van der Waals surface area contributed by atoms with Gasteiger partial charge in [-0.15, -0.1) is 0 Å². The van der Waals surface area contributed by atoms with Crippen molar-refractivity contribution in [1.82, 2.24) is 5.32 Å². The highest BCUT2D eigenvalue weighted by atomic mass is 19.2. The van der Waals surface area contributed by atoms with E-state index in [2.05, 4.69) is 5.32 Å². The first-order chi connectivity index (χ1) is 8.51. The first-order valence-electron chi connectivity index (χ1n) is 5.35. The zero-order valence-corrected chi connectivity index (χ0v) is 9.64. The summed E-state index contributed by atoms with van der Waals surface area (Å²) < 4.78 is 38.9. The van der Waals surface area contributed by atoms with Crippen molar-refractivity contribution >= 4 is 5.91 Å². The molecule has 0 radical (unpaired) electrons. The monoisotopic (exact) mass is 256 g/mol. The zero-order valence-electron chi connectivity index (χ0n) is 9.64. The maximum Gasteiger partial charge on any atom is 0.255 e. The van der Waals surface area contributed by atoms with Gasteiger partial charge >= 0.3 is 0 Å². The number of nitrogens with one attached hydrogen (secondary N) is 1. The van der Waals surface area contributed by atoms with E-state index >= 15 is 0 Å². The number of nitrogens with zero attached hydrogens (tertiary/aromatic N) is 1. The summed E-state index contributed by atoms with van der Waals surface area (Å²) in [5, 5.41) is 11.0. The van der Waals surface area contributed by atoms with Gasteiger partial charge in [-0.1, -0.05) is 13.3 Å². The molecule has 0 aliphatic rings. The van der Waals surface area contributed by atoms with Crippen LogP contribution in [0.4, 0.5) is 13.2 Å². The number of hydrogen-bond donors (Lipinski definition) is 1. The summed E-state index contributed by atoms with van der Waals surface area (Å²) in [6.07, 6.45) is 1.05. The quantitative estimate of drug-likeness (QED) is 0.841. The number of amides is 1. The second-order valence-electron chi connectivity index (χ2n) is 3.67. The second-order valence-corrected chi connectivity index (χ2v) is 3.67. The van der Waals surface area contributed by atoms with E-state index in [0.717, 1.165) is 6.07 Å². The Morgan fingerprint density at radius 3 is 2.61 bits per heavy atom. The van der Waals surface area contributed by atoms with Gasteiger partial charge in [-0.25, -0.2) is 13.2 Å². The van der Waals surface area contributed by atoms with Crippen LogP contribution in [0.25, 0.3) is 0 Å². The summed E-state index contributed by atoms with van der Waals surface area (Å²) in [7, 11) is 0. The summed E-state index contributed by atoms with van der Waals surface area (Å²) in [6.45, 7) is 1.81. The van der Waals surface area contributed by atoms with Crippen molar-refractivity contribution < 1.29 is 18.0 Å². The molecule has 1 atom stereocenters. The molecule has 0 spiro atoms. The molecule has 18 heavy (non-hydrogen) atoms. The lowest BCUT2D eigenvalue weighted by Gasteiger charge is -2.11. The van der Waals surface area contributed by atoms with E-state index in [1.807, 2.05) is 13.0 Å². The Balaban J connectivity index is 2.92. The Morgan fingerprint density at radius 1 is 1.39 bits per heavy atom. The number of carbonyl (C=O) groups is 1. The van der Waals surface area contributed by atoms with E-state index in [1.165, 1.54) is 0 Å². The maximum atomic E-state index is 13.3. The van der Waals surface area contributed by atoms with E-state index < -0.39 is 35.0 Å². The average molecular weight is 256 g/mol. The van der Waals surface area contributed by atoms with Crippen LogP contribution in [0, 0.1) is 28.8 Å². The van der Waals surface area contributed by atoms with Gasteiger partial charge in [-0.05, 0) is 18.6 Å². The number of carbonyl (C=O) groups excluding carboxylic acids is 1. The van der Waals surface area contributed by atoms with Crippen molar-refractivity contribution in [3.8, 4) is 6.07 Å². The van der Waals surface area contributed by atoms with Crippen LogP contribution in [0.1, 0.15) is 30.1 Å². The predicted molar refractivity (Wildman–Crippen MR) is 58.1 cm³/mol. The number of rotatable bonds is 4. The normalized spacial score (nSPS) is 11.7. The van der Waals surface area contributed by atoms with Gasteiger partial charge in [-0.2, -0.15) is 5.26 Å². The minimum atomic E-state index is -1.70. The lowest BCUT2D eigenvalue weighted by Crippen LogP contribution is -2.34. The van der Waals surface area contributed by atoms with Crippen LogP contribution >= 0.6 is 0 Å². The summed E-state index contributed by atoms with van der Waals surface area (Å²) in [5.74, 6) is -5.56. The van der Waals surface area contributed by atoms with Crippen molar-refractivity contribution in [3.05, 3.63) is 35.1 Å². The van der Waals surface area contributed by atoms with E-state index in [0.29, 0.717) is 18.9 Å². The van der Waals surface area contributed by atoms with Crippen LogP contribution in [0.5, 0.6) is 0 Å². The molecule has 0 aliphatic carbocycles. The van der Waals surface area contributed by atoms with Crippen LogP contribution < -0.4 is 5.32 Å². The molecule has 0 fully saturated rings. The molecule has 1 aromatic rings. The molecule has 0 heterocycles. The average Bonchev–Trinajstić information content (AvgIpc) is 2.35. The minimum absolute atomic E-state index is 0.396. The van der Waals surface area contributed by atoms with Crippen molar-refractivity contribution in [2.45, 2.75) is 25.8 Å². The largest absolute Gasteiger partial charge is 0.336 e. The van der Waals surface area contributed by atoms with E-state index in [4.69, 9.17) is 5.26 Å². The highest BCUT2D eigenvalue weighted by Crippen LogP contribution is 2.15. The van der Waals surface area contributed by atoms with Crippen molar-refractivity contribution in [1.29, 1.82) is 5.26 Å². The molecular formula is C12H11F3N2O. The fraction of sp³-hybridized carbons (Fsp3) is 0.333. The van der Waals surface area contributed by atoms with Crippen molar-refractivity contribution in [2.75, 3.05) is 0 Å². The molecule has 1 rings (SSSR count). The Bertz CT molecular complexity index is 497. The zero-order chi connectivity index (χ0) is 13.7. The number of benzene rings is 1.